The van der Waals surface area contributed by atoms with E-state index in [9.17, 15) is 8.42 Å². The summed E-state index contributed by atoms with van der Waals surface area (Å²) in [7, 11) is -2.14. The molecule has 0 saturated carbocycles. The Morgan fingerprint density at radius 1 is 1.26 bits per heavy atom. The zero-order valence-electron chi connectivity index (χ0n) is 11.9. The Bertz CT molecular complexity index is 537. The van der Waals surface area contributed by atoms with Gasteiger partial charge in [-0.05, 0) is 45.0 Å². The number of nitrogens with one attached hydrogen (secondary N) is 2. The van der Waals surface area contributed by atoms with Crippen LogP contribution in [0.2, 0.25) is 0 Å². The van der Waals surface area contributed by atoms with Crippen LogP contribution in [0.25, 0.3) is 0 Å². The van der Waals surface area contributed by atoms with Crippen LogP contribution in [0.1, 0.15) is 33.6 Å². The summed E-state index contributed by atoms with van der Waals surface area (Å²) in [4.78, 5) is 0.183. The Balaban J connectivity index is 3.29. The Hall–Kier alpha value is -1.27. The Labute approximate surface area is 115 Å². The third-order valence-electron chi connectivity index (χ3n) is 3.56. The zero-order valence-corrected chi connectivity index (χ0v) is 12.8. The van der Waals surface area contributed by atoms with Crippen molar-refractivity contribution in [1.82, 2.24) is 4.72 Å². The maximum Gasteiger partial charge on any atom is 0.242 e. The third kappa shape index (κ3) is 3.61. The number of nitrogen functional groups attached to an aromatic ring is 1. The Morgan fingerprint density at radius 2 is 1.84 bits per heavy atom. The van der Waals surface area contributed by atoms with Crippen molar-refractivity contribution in [3.8, 4) is 0 Å². The molecular weight excluding hydrogens is 262 g/mol. The molecule has 0 atom stereocenters. The minimum atomic E-state index is -3.53. The van der Waals surface area contributed by atoms with Crippen LogP contribution in [0, 0.1) is 0 Å². The molecule has 1 aromatic rings. The predicted octanol–water partition coefficient (Wildman–Crippen LogP) is 2.17. The number of hydrogen-bond acceptors (Lipinski definition) is 4. The number of sulfonamides is 1. The molecule has 0 spiro atoms. The number of benzene rings is 1. The van der Waals surface area contributed by atoms with E-state index in [0.717, 1.165) is 12.8 Å². The van der Waals surface area contributed by atoms with E-state index in [2.05, 4.69) is 30.8 Å². The lowest BCUT2D eigenvalue weighted by atomic mass is 9.95. The Morgan fingerprint density at radius 3 is 2.32 bits per heavy atom. The fourth-order valence-electron chi connectivity index (χ4n) is 1.73. The van der Waals surface area contributed by atoms with Gasteiger partial charge in [0.05, 0.1) is 5.69 Å². The molecule has 0 amide bonds. The topological polar surface area (TPSA) is 84.2 Å². The first kappa shape index (κ1) is 15.8. The average Bonchev–Trinajstić information content (AvgIpc) is 2.40. The molecule has 0 aromatic heterocycles. The third-order valence-corrected chi connectivity index (χ3v) is 5.02. The molecule has 0 heterocycles. The van der Waals surface area contributed by atoms with E-state index in [1.807, 2.05) is 0 Å². The van der Waals surface area contributed by atoms with E-state index in [1.54, 1.807) is 12.1 Å². The first-order chi connectivity index (χ1) is 8.78. The summed E-state index contributed by atoms with van der Waals surface area (Å²) in [5.41, 5.74) is 6.55. The summed E-state index contributed by atoms with van der Waals surface area (Å²) in [5.74, 6) is 0. The highest BCUT2D eigenvalue weighted by Gasteiger charge is 2.24. The van der Waals surface area contributed by atoms with Gasteiger partial charge in [0.2, 0.25) is 10.0 Å². The van der Waals surface area contributed by atoms with Crippen LogP contribution >= 0.6 is 0 Å². The van der Waals surface area contributed by atoms with E-state index >= 15 is 0 Å². The second-order valence-electron chi connectivity index (χ2n) is 4.86. The van der Waals surface area contributed by atoms with Crippen molar-refractivity contribution < 1.29 is 8.42 Å². The maximum atomic E-state index is 12.0. The van der Waals surface area contributed by atoms with Crippen molar-refractivity contribution in [2.45, 2.75) is 44.0 Å². The van der Waals surface area contributed by atoms with Crippen molar-refractivity contribution in [3.63, 3.8) is 0 Å². The first-order valence-electron chi connectivity index (χ1n) is 6.39. The van der Waals surface area contributed by atoms with E-state index < -0.39 is 10.0 Å². The molecule has 4 N–H and O–H groups in total. The fraction of sp³-hybridized carbons (Fsp3) is 0.538. The molecule has 108 valence electrons. The van der Waals surface area contributed by atoms with Crippen molar-refractivity contribution in [2.24, 2.45) is 0 Å². The number of hydrogen-bond donors (Lipinski definition) is 3. The van der Waals surface area contributed by atoms with Gasteiger partial charge in [-0.15, -0.1) is 0 Å². The summed E-state index contributed by atoms with van der Waals surface area (Å²) in [5, 5.41) is 3.32. The van der Waals surface area contributed by atoms with E-state index in [-0.39, 0.29) is 10.4 Å². The van der Waals surface area contributed by atoms with Crippen LogP contribution in [0.15, 0.2) is 23.1 Å². The largest absolute Gasteiger partial charge is 0.399 e. The lowest BCUT2D eigenvalue weighted by Gasteiger charge is -2.30. The number of rotatable bonds is 6. The first-order valence-corrected chi connectivity index (χ1v) is 7.87. The quantitative estimate of drug-likeness (QED) is 0.699. The van der Waals surface area contributed by atoms with Gasteiger partial charge < -0.3 is 11.1 Å². The molecule has 0 bridgehead atoms. The highest BCUT2D eigenvalue weighted by atomic mass is 32.2. The van der Waals surface area contributed by atoms with Gasteiger partial charge in [0.15, 0.2) is 0 Å². The van der Waals surface area contributed by atoms with Gasteiger partial charge in [-0.1, -0.05) is 13.8 Å². The SMILES string of the molecule is CCC(C)(CC)Nc1ccc(N)cc1S(=O)(=O)NC. The molecule has 6 heteroatoms. The smallest absolute Gasteiger partial charge is 0.242 e. The van der Waals surface area contributed by atoms with Crippen LogP contribution in [0.4, 0.5) is 11.4 Å². The lowest BCUT2D eigenvalue weighted by molar-refractivity contribution is 0.477. The molecule has 0 fully saturated rings. The summed E-state index contributed by atoms with van der Waals surface area (Å²) in [6.07, 6.45) is 1.79. The molecule has 0 saturated heterocycles. The molecule has 0 radical (unpaired) electrons. The number of nitrogens with two attached hydrogens (primary N) is 1. The van der Waals surface area contributed by atoms with E-state index in [1.165, 1.54) is 13.1 Å². The second kappa shape index (κ2) is 5.79. The van der Waals surface area contributed by atoms with Gasteiger partial charge in [-0.3, -0.25) is 0 Å². The second-order valence-corrected chi connectivity index (χ2v) is 6.71. The van der Waals surface area contributed by atoms with Gasteiger partial charge in [0.25, 0.3) is 0 Å². The molecule has 19 heavy (non-hydrogen) atoms. The van der Waals surface area contributed by atoms with Crippen molar-refractivity contribution >= 4 is 21.4 Å². The van der Waals surface area contributed by atoms with Crippen LogP contribution in [0.3, 0.4) is 0 Å². The van der Waals surface area contributed by atoms with Crippen LogP contribution in [-0.2, 0) is 10.0 Å². The predicted molar refractivity (Wildman–Crippen MR) is 79.7 cm³/mol. The maximum absolute atomic E-state index is 12.0. The van der Waals surface area contributed by atoms with Crippen LogP contribution in [-0.4, -0.2) is 21.0 Å². The lowest BCUT2D eigenvalue weighted by Crippen LogP contribution is -2.34. The van der Waals surface area contributed by atoms with E-state index in [4.69, 9.17) is 5.73 Å². The number of anilines is 2. The summed E-state index contributed by atoms with van der Waals surface area (Å²) in [6.45, 7) is 6.21. The molecular formula is C13H23N3O2S. The highest BCUT2D eigenvalue weighted by molar-refractivity contribution is 7.89. The van der Waals surface area contributed by atoms with Gasteiger partial charge in [-0.25, -0.2) is 13.1 Å². The van der Waals surface area contributed by atoms with Crippen LogP contribution in [0.5, 0.6) is 0 Å². The van der Waals surface area contributed by atoms with Crippen molar-refractivity contribution in [2.75, 3.05) is 18.1 Å². The highest BCUT2D eigenvalue weighted by Crippen LogP contribution is 2.28. The van der Waals surface area contributed by atoms with Gasteiger partial charge in [-0.2, -0.15) is 0 Å². The fourth-order valence-corrected chi connectivity index (χ4v) is 2.65. The monoisotopic (exact) mass is 285 g/mol. The summed E-state index contributed by atoms with van der Waals surface area (Å²) in [6, 6.07) is 4.88. The molecule has 1 rings (SSSR count). The van der Waals surface area contributed by atoms with Crippen molar-refractivity contribution in [1.29, 1.82) is 0 Å². The summed E-state index contributed by atoms with van der Waals surface area (Å²) < 4.78 is 26.4. The summed E-state index contributed by atoms with van der Waals surface area (Å²) >= 11 is 0. The molecule has 5 nitrogen and oxygen atoms in total. The molecule has 1 aromatic carbocycles. The van der Waals surface area contributed by atoms with Gasteiger partial charge in [0, 0.05) is 11.2 Å². The molecule has 0 unspecified atom stereocenters. The molecule has 0 aliphatic heterocycles. The Kier molecular flexibility index (Phi) is 4.81. The standard InChI is InChI=1S/C13H23N3O2S/c1-5-13(3,6-2)16-11-8-7-10(14)9-12(11)19(17,18)15-4/h7-9,15-16H,5-6,14H2,1-4H3. The van der Waals surface area contributed by atoms with Gasteiger partial charge in [0.1, 0.15) is 4.90 Å². The normalized spacial score (nSPS) is 12.4. The van der Waals surface area contributed by atoms with E-state index in [0.29, 0.717) is 11.4 Å². The molecule has 0 aliphatic rings. The van der Waals surface area contributed by atoms with Crippen molar-refractivity contribution in [3.05, 3.63) is 18.2 Å². The zero-order chi connectivity index (χ0) is 14.7. The minimum Gasteiger partial charge on any atom is -0.399 e. The van der Waals surface area contributed by atoms with Crippen LogP contribution < -0.4 is 15.8 Å². The average molecular weight is 285 g/mol. The minimum absolute atomic E-state index is 0.145. The molecule has 0 aliphatic carbocycles. The van der Waals surface area contributed by atoms with Gasteiger partial charge >= 0.3 is 0 Å².